The molecule has 1 aliphatic heterocycles. The van der Waals surface area contributed by atoms with Crippen LogP contribution in [-0.4, -0.2) is 36.3 Å². The third-order valence-corrected chi connectivity index (χ3v) is 7.89. The van der Waals surface area contributed by atoms with Gasteiger partial charge in [0.1, 0.15) is 19.0 Å². The highest BCUT2D eigenvalue weighted by Gasteiger charge is 2.35. The Kier molecular flexibility index (Phi) is 8.64. The summed E-state index contributed by atoms with van der Waals surface area (Å²) in [5, 5.41) is 1.97. The normalized spacial score (nSPS) is 14.4. The monoisotopic (exact) mass is 567 g/mol. The van der Waals surface area contributed by atoms with Crippen molar-refractivity contribution in [3.05, 3.63) is 106 Å². The maximum Gasteiger partial charge on any atom is 0.293 e. The first-order chi connectivity index (χ1) is 19.8. The lowest BCUT2D eigenvalue weighted by molar-refractivity contribution is -0.123. The summed E-state index contributed by atoms with van der Waals surface area (Å²) in [6.07, 6.45) is 1.72. The fraction of sp³-hybridized carbons (Fsp3) is 0.235. The van der Waals surface area contributed by atoms with E-state index in [0.717, 1.165) is 50.5 Å². The largest absolute Gasteiger partial charge is 0.493 e. The zero-order valence-corrected chi connectivity index (χ0v) is 24.5. The number of hydrogen-bond acceptors (Lipinski definition) is 6. The van der Waals surface area contributed by atoms with Gasteiger partial charge >= 0.3 is 0 Å². The second-order valence-electron chi connectivity index (χ2n) is 10.2. The van der Waals surface area contributed by atoms with Crippen molar-refractivity contribution in [2.75, 3.05) is 20.3 Å². The number of nitrogens with zero attached hydrogens (tertiary/aromatic N) is 1. The van der Waals surface area contributed by atoms with E-state index in [1.54, 1.807) is 19.3 Å². The zero-order valence-electron chi connectivity index (χ0n) is 23.7. The SMILES string of the molecule is COc1ccc(/C=C2\SC(=O)N(CCOc3cc(C)ccc3C(C)C)C2=O)cc1OCc1cccc2ccccc12. The van der Waals surface area contributed by atoms with E-state index in [0.29, 0.717) is 28.9 Å². The fourth-order valence-electron chi connectivity index (χ4n) is 4.80. The standard InChI is InChI=1S/C34H33NO5S/c1-22(2)27-14-12-23(3)18-30(27)39-17-16-35-33(36)32(41-34(35)37)20-24-13-15-29(38-4)31(19-24)40-21-26-10-7-9-25-8-5-6-11-28(25)26/h5-15,18-20,22H,16-17,21H2,1-4H3/b32-20-. The van der Waals surface area contributed by atoms with E-state index in [4.69, 9.17) is 14.2 Å². The molecule has 0 N–H and O–H groups in total. The summed E-state index contributed by atoms with van der Waals surface area (Å²) >= 11 is 0.932. The molecule has 7 heteroatoms. The van der Waals surface area contributed by atoms with E-state index >= 15 is 0 Å². The number of methoxy groups -OCH3 is 1. The van der Waals surface area contributed by atoms with Crippen LogP contribution in [0.5, 0.6) is 17.2 Å². The Labute approximate surface area is 244 Å². The number of benzene rings is 4. The minimum atomic E-state index is -0.328. The minimum absolute atomic E-state index is 0.176. The highest BCUT2D eigenvalue weighted by atomic mass is 32.2. The van der Waals surface area contributed by atoms with Crippen LogP contribution in [0.3, 0.4) is 0 Å². The first-order valence-electron chi connectivity index (χ1n) is 13.6. The van der Waals surface area contributed by atoms with Gasteiger partial charge in [-0.25, -0.2) is 0 Å². The van der Waals surface area contributed by atoms with Crippen LogP contribution >= 0.6 is 11.8 Å². The molecular formula is C34H33NO5S. The molecule has 41 heavy (non-hydrogen) atoms. The molecule has 210 valence electrons. The number of ether oxygens (including phenoxy) is 3. The molecule has 0 bridgehead atoms. The number of carbonyl (C=O) groups is 2. The van der Waals surface area contributed by atoms with Crippen LogP contribution in [0.25, 0.3) is 16.8 Å². The van der Waals surface area contributed by atoms with E-state index in [2.05, 4.69) is 44.2 Å². The van der Waals surface area contributed by atoms with Crippen molar-refractivity contribution in [3.8, 4) is 17.2 Å². The average Bonchev–Trinajstić information content (AvgIpc) is 3.23. The first kappa shape index (κ1) is 28.3. The van der Waals surface area contributed by atoms with E-state index in [1.807, 2.05) is 49.4 Å². The van der Waals surface area contributed by atoms with E-state index in [9.17, 15) is 9.59 Å². The van der Waals surface area contributed by atoms with Crippen molar-refractivity contribution in [1.29, 1.82) is 0 Å². The second kappa shape index (κ2) is 12.5. The smallest absolute Gasteiger partial charge is 0.293 e. The Balaban J connectivity index is 1.28. The predicted molar refractivity (Wildman–Crippen MR) is 165 cm³/mol. The Morgan fingerprint density at radius 2 is 1.68 bits per heavy atom. The lowest BCUT2D eigenvalue weighted by atomic mass is 10.0. The molecule has 2 amide bonds. The van der Waals surface area contributed by atoms with Gasteiger partial charge < -0.3 is 14.2 Å². The molecule has 0 saturated carbocycles. The lowest BCUT2D eigenvalue weighted by Gasteiger charge is -2.17. The number of hydrogen-bond donors (Lipinski definition) is 0. The van der Waals surface area contributed by atoms with Crippen molar-refractivity contribution in [2.24, 2.45) is 0 Å². The summed E-state index contributed by atoms with van der Waals surface area (Å²) in [5.41, 5.74) is 3.99. The van der Waals surface area contributed by atoms with Crippen LogP contribution in [0.4, 0.5) is 4.79 Å². The Hall–Kier alpha value is -4.23. The number of aryl methyl sites for hydroxylation is 1. The van der Waals surface area contributed by atoms with Gasteiger partial charge in [0.05, 0.1) is 18.6 Å². The molecule has 1 heterocycles. The molecule has 6 nitrogen and oxygen atoms in total. The number of carbonyl (C=O) groups excluding carboxylic acids is 2. The number of rotatable bonds is 10. The number of thioether (sulfide) groups is 1. The summed E-state index contributed by atoms with van der Waals surface area (Å²) in [6.45, 7) is 6.99. The van der Waals surface area contributed by atoms with Crippen molar-refractivity contribution >= 4 is 39.8 Å². The van der Waals surface area contributed by atoms with Gasteiger partial charge in [0.15, 0.2) is 11.5 Å². The van der Waals surface area contributed by atoms with E-state index in [-0.39, 0.29) is 24.3 Å². The topological polar surface area (TPSA) is 65.1 Å². The molecule has 1 aliphatic rings. The maximum absolute atomic E-state index is 13.1. The van der Waals surface area contributed by atoms with Crippen LogP contribution in [0.1, 0.15) is 42.0 Å². The van der Waals surface area contributed by atoms with Gasteiger partial charge in [-0.15, -0.1) is 0 Å². The summed E-state index contributed by atoms with van der Waals surface area (Å²) in [4.78, 5) is 27.5. The quantitative estimate of drug-likeness (QED) is 0.181. The highest BCUT2D eigenvalue weighted by Crippen LogP contribution is 2.35. The molecular weight excluding hydrogens is 534 g/mol. The zero-order chi connectivity index (χ0) is 28.9. The molecule has 1 fully saturated rings. The molecule has 5 rings (SSSR count). The molecule has 4 aromatic carbocycles. The molecule has 0 aliphatic carbocycles. The Morgan fingerprint density at radius 1 is 0.878 bits per heavy atom. The molecule has 1 saturated heterocycles. The predicted octanol–water partition coefficient (Wildman–Crippen LogP) is 7.97. The van der Waals surface area contributed by atoms with Gasteiger partial charge in [-0.3, -0.25) is 14.5 Å². The van der Waals surface area contributed by atoms with Gasteiger partial charge in [0.2, 0.25) is 0 Å². The van der Waals surface area contributed by atoms with E-state index < -0.39 is 0 Å². The summed E-state index contributed by atoms with van der Waals surface area (Å²) in [6, 6.07) is 25.9. The van der Waals surface area contributed by atoms with Crippen molar-refractivity contribution < 1.29 is 23.8 Å². The van der Waals surface area contributed by atoms with Gasteiger partial charge in [-0.05, 0) is 81.9 Å². The van der Waals surface area contributed by atoms with Crippen LogP contribution in [0.15, 0.2) is 83.8 Å². The Morgan fingerprint density at radius 3 is 2.49 bits per heavy atom. The van der Waals surface area contributed by atoms with Crippen molar-refractivity contribution in [2.45, 2.75) is 33.3 Å². The first-order valence-corrected chi connectivity index (χ1v) is 14.4. The minimum Gasteiger partial charge on any atom is -0.493 e. The van der Waals surface area contributed by atoms with Gasteiger partial charge in [-0.1, -0.05) is 74.5 Å². The number of imide groups is 1. The molecule has 0 radical (unpaired) electrons. The third-order valence-electron chi connectivity index (χ3n) is 6.99. The molecule has 0 atom stereocenters. The van der Waals surface area contributed by atoms with Crippen LogP contribution in [-0.2, 0) is 11.4 Å². The van der Waals surface area contributed by atoms with Crippen LogP contribution < -0.4 is 14.2 Å². The van der Waals surface area contributed by atoms with Crippen LogP contribution in [0, 0.1) is 6.92 Å². The number of amides is 2. The molecule has 0 aromatic heterocycles. The number of fused-ring (bicyclic) bond motifs is 1. The molecule has 4 aromatic rings. The maximum atomic E-state index is 13.1. The molecule has 0 spiro atoms. The van der Waals surface area contributed by atoms with Crippen molar-refractivity contribution in [1.82, 2.24) is 4.90 Å². The summed E-state index contributed by atoms with van der Waals surface area (Å²) < 4.78 is 17.7. The summed E-state index contributed by atoms with van der Waals surface area (Å²) in [7, 11) is 1.59. The van der Waals surface area contributed by atoms with E-state index in [1.165, 1.54) is 4.90 Å². The lowest BCUT2D eigenvalue weighted by Crippen LogP contribution is -2.32. The van der Waals surface area contributed by atoms with Gasteiger partial charge in [-0.2, -0.15) is 0 Å². The van der Waals surface area contributed by atoms with Gasteiger partial charge in [0, 0.05) is 0 Å². The van der Waals surface area contributed by atoms with Crippen molar-refractivity contribution in [3.63, 3.8) is 0 Å². The average molecular weight is 568 g/mol. The molecule has 0 unspecified atom stereocenters. The second-order valence-corrected chi connectivity index (χ2v) is 11.2. The van der Waals surface area contributed by atoms with Gasteiger partial charge in [0.25, 0.3) is 11.1 Å². The third kappa shape index (κ3) is 6.41. The Bertz CT molecular complexity index is 1620. The fourth-order valence-corrected chi connectivity index (χ4v) is 5.67. The highest BCUT2D eigenvalue weighted by molar-refractivity contribution is 8.18. The van der Waals surface area contributed by atoms with Crippen LogP contribution in [0.2, 0.25) is 0 Å². The summed E-state index contributed by atoms with van der Waals surface area (Å²) in [5.74, 6) is 1.91.